The zero-order valence-corrected chi connectivity index (χ0v) is 19.2. The molecule has 2 aromatic carbocycles. The first kappa shape index (κ1) is 21.1. The maximum atomic E-state index is 6.59. The van der Waals surface area contributed by atoms with Gasteiger partial charge in [0.2, 0.25) is 0 Å². The molecular formula is C23H27Cl3N2O. The van der Waals surface area contributed by atoms with Crippen LogP contribution < -0.4 is 15.0 Å². The minimum atomic E-state index is 0.238. The molecule has 1 saturated heterocycles. The van der Waals surface area contributed by atoms with E-state index in [1.54, 1.807) is 12.1 Å². The van der Waals surface area contributed by atoms with E-state index in [1.165, 1.54) is 5.56 Å². The van der Waals surface area contributed by atoms with Crippen LogP contribution in [-0.2, 0) is 0 Å². The summed E-state index contributed by atoms with van der Waals surface area (Å²) in [5, 5.41) is 5.21. The third kappa shape index (κ3) is 4.07. The summed E-state index contributed by atoms with van der Waals surface area (Å²) >= 11 is 19.3. The Morgan fingerprint density at radius 2 is 1.72 bits per heavy atom. The van der Waals surface area contributed by atoms with E-state index in [1.807, 2.05) is 0 Å². The second kappa shape index (κ2) is 8.93. The van der Waals surface area contributed by atoms with E-state index in [0.29, 0.717) is 21.0 Å². The third-order valence-corrected chi connectivity index (χ3v) is 6.62. The molecule has 2 heterocycles. The maximum absolute atomic E-state index is 6.59. The normalized spacial score (nSPS) is 20.2. The Morgan fingerprint density at radius 3 is 2.38 bits per heavy atom. The first-order chi connectivity index (χ1) is 14.0. The van der Waals surface area contributed by atoms with E-state index >= 15 is 0 Å². The molecule has 0 aliphatic carbocycles. The average molecular weight is 454 g/mol. The lowest BCUT2D eigenvalue weighted by molar-refractivity contribution is 0.172. The number of nitrogens with zero attached hydrogens (tertiary/aromatic N) is 1. The largest absolute Gasteiger partial charge is 0.487 e. The predicted molar refractivity (Wildman–Crippen MR) is 124 cm³/mol. The second-order valence-corrected chi connectivity index (χ2v) is 9.15. The lowest BCUT2D eigenvalue weighted by Gasteiger charge is -2.27. The van der Waals surface area contributed by atoms with Crippen LogP contribution in [0.15, 0.2) is 24.3 Å². The molecule has 3 nitrogen and oxygen atoms in total. The molecule has 6 heteroatoms. The molecule has 2 atom stereocenters. The highest BCUT2D eigenvalue weighted by Gasteiger charge is 2.39. The van der Waals surface area contributed by atoms with Crippen molar-refractivity contribution in [3.63, 3.8) is 0 Å². The molecule has 4 rings (SSSR count). The molecule has 0 saturated carbocycles. The number of fused-ring (bicyclic) bond motifs is 3. The van der Waals surface area contributed by atoms with Crippen molar-refractivity contribution in [1.82, 2.24) is 5.32 Å². The van der Waals surface area contributed by atoms with Crippen molar-refractivity contribution in [2.75, 3.05) is 31.1 Å². The van der Waals surface area contributed by atoms with Gasteiger partial charge in [-0.1, -0.05) is 48.7 Å². The van der Waals surface area contributed by atoms with Gasteiger partial charge in [-0.05, 0) is 55.6 Å². The van der Waals surface area contributed by atoms with Gasteiger partial charge in [-0.25, -0.2) is 0 Å². The third-order valence-electron chi connectivity index (χ3n) is 5.81. The van der Waals surface area contributed by atoms with Crippen LogP contribution >= 0.6 is 34.8 Å². The maximum Gasteiger partial charge on any atom is 0.146 e. The van der Waals surface area contributed by atoms with Crippen molar-refractivity contribution < 1.29 is 4.74 Å². The Labute approximate surface area is 188 Å². The predicted octanol–water partition coefficient (Wildman–Crippen LogP) is 6.78. The van der Waals surface area contributed by atoms with Crippen molar-refractivity contribution in [3.8, 4) is 16.9 Å². The number of halogens is 3. The molecule has 2 aliphatic rings. The van der Waals surface area contributed by atoms with E-state index in [0.717, 1.165) is 68.0 Å². The van der Waals surface area contributed by atoms with Gasteiger partial charge in [0.15, 0.2) is 0 Å². The Balaban J connectivity index is 1.89. The summed E-state index contributed by atoms with van der Waals surface area (Å²) in [5.74, 6) is 1.39. The topological polar surface area (TPSA) is 24.5 Å². The molecule has 0 bridgehead atoms. The van der Waals surface area contributed by atoms with Crippen LogP contribution in [-0.4, -0.2) is 32.3 Å². The first-order valence-electron chi connectivity index (χ1n) is 10.5. The number of rotatable bonds is 6. The Bertz CT molecular complexity index is 873. The van der Waals surface area contributed by atoms with Crippen LogP contribution in [0.2, 0.25) is 15.1 Å². The highest BCUT2D eigenvalue weighted by molar-refractivity contribution is 6.41. The second-order valence-electron chi connectivity index (χ2n) is 7.90. The molecule has 1 fully saturated rings. The highest BCUT2D eigenvalue weighted by atomic mass is 35.5. The lowest BCUT2D eigenvalue weighted by atomic mass is 9.88. The van der Waals surface area contributed by atoms with E-state index in [9.17, 15) is 0 Å². The van der Waals surface area contributed by atoms with Gasteiger partial charge in [-0.15, -0.1) is 0 Å². The Morgan fingerprint density at radius 1 is 1.03 bits per heavy atom. The summed E-state index contributed by atoms with van der Waals surface area (Å²) in [6, 6.07) is 7.92. The number of benzene rings is 2. The quantitative estimate of drug-likeness (QED) is 0.522. The minimum absolute atomic E-state index is 0.238. The number of anilines is 1. The Hall–Kier alpha value is -1.13. The monoisotopic (exact) mass is 452 g/mol. The van der Waals surface area contributed by atoms with Gasteiger partial charge in [0.1, 0.15) is 11.9 Å². The fraction of sp³-hybridized carbons (Fsp3) is 0.478. The standard InChI is InChI=1S/C23H27Cl3N2O/c1-3-7-28(8-4-2)20-10-14(22-18(25)11-15(24)12-19(22)26)9-16-17-13-27-6-5-21(17)29-23(16)20/h9-12,17,21,27H,3-8,13H2,1-2H3. The molecule has 2 unspecified atom stereocenters. The fourth-order valence-electron chi connectivity index (χ4n) is 4.57. The van der Waals surface area contributed by atoms with Crippen LogP contribution in [0.25, 0.3) is 11.1 Å². The first-order valence-corrected chi connectivity index (χ1v) is 11.6. The molecule has 2 aliphatic heterocycles. The van der Waals surface area contributed by atoms with Crippen molar-refractivity contribution in [3.05, 3.63) is 44.9 Å². The summed E-state index contributed by atoms with van der Waals surface area (Å²) < 4.78 is 6.52. The van der Waals surface area contributed by atoms with Crippen molar-refractivity contribution in [2.45, 2.75) is 45.1 Å². The molecule has 0 amide bonds. The van der Waals surface area contributed by atoms with Gasteiger partial charge >= 0.3 is 0 Å². The molecule has 29 heavy (non-hydrogen) atoms. The molecule has 2 aromatic rings. The highest BCUT2D eigenvalue weighted by Crippen LogP contribution is 2.50. The van der Waals surface area contributed by atoms with Crippen molar-refractivity contribution in [1.29, 1.82) is 0 Å². The van der Waals surface area contributed by atoms with Gasteiger partial charge in [-0.2, -0.15) is 0 Å². The number of hydrogen-bond acceptors (Lipinski definition) is 3. The van der Waals surface area contributed by atoms with Crippen LogP contribution in [0.1, 0.15) is 44.6 Å². The molecule has 156 valence electrons. The van der Waals surface area contributed by atoms with Crippen LogP contribution in [0, 0.1) is 0 Å². The van der Waals surface area contributed by atoms with E-state index in [-0.39, 0.29) is 6.10 Å². The lowest BCUT2D eigenvalue weighted by Crippen LogP contribution is -2.37. The molecule has 0 spiro atoms. The summed E-state index contributed by atoms with van der Waals surface area (Å²) in [7, 11) is 0. The van der Waals surface area contributed by atoms with E-state index < -0.39 is 0 Å². The zero-order valence-electron chi connectivity index (χ0n) is 16.9. The number of nitrogens with one attached hydrogen (secondary N) is 1. The minimum Gasteiger partial charge on any atom is -0.487 e. The van der Waals surface area contributed by atoms with Gasteiger partial charge in [0.05, 0.1) is 15.7 Å². The molecular weight excluding hydrogens is 427 g/mol. The van der Waals surface area contributed by atoms with Gasteiger partial charge in [0.25, 0.3) is 0 Å². The fourth-order valence-corrected chi connectivity index (χ4v) is 5.60. The van der Waals surface area contributed by atoms with Crippen molar-refractivity contribution in [2.24, 2.45) is 0 Å². The Kier molecular flexibility index (Phi) is 6.50. The summed E-state index contributed by atoms with van der Waals surface area (Å²) in [6.07, 6.45) is 3.42. The average Bonchev–Trinajstić information content (AvgIpc) is 3.05. The summed E-state index contributed by atoms with van der Waals surface area (Å²) in [5.41, 5.74) is 4.27. The number of ether oxygens (including phenoxy) is 1. The SMILES string of the molecule is CCCN(CCC)c1cc(-c2c(Cl)cc(Cl)cc2Cl)cc2c1OC1CCNCC21. The van der Waals surface area contributed by atoms with Gasteiger partial charge in [0, 0.05) is 41.7 Å². The van der Waals surface area contributed by atoms with E-state index in [2.05, 4.69) is 36.2 Å². The van der Waals surface area contributed by atoms with Crippen LogP contribution in [0.3, 0.4) is 0 Å². The molecule has 1 N–H and O–H groups in total. The summed E-state index contributed by atoms with van der Waals surface area (Å²) in [4.78, 5) is 2.44. The number of hydrogen-bond donors (Lipinski definition) is 1. The smallest absolute Gasteiger partial charge is 0.146 e. The van der Waals surface area contributed by atoms with Crippen LogP contribution in [0.5, 0.6) is 5.75 Å². The zero-order chi connectivity index (χ0) is 20.5. The van der Waals surface area contributed by atoms with Gasteiger partial charge < -0.3 is 15.0 Å². The van der Waals surface area contributed by atoms with E-state index in [4.69, 9.17) is 39.5 Å². The molecule has 0 aromatic heterocycles. The summed E-state index contributed by atoms with van der Waals surface area (Å²) in [6.45, 7) is 8.34. The van der Waals surface area contributed by atoms with Crippen LogP contribution in [0.4, 0.5) is 5.69 Å². The number of piperidine rings is 1. The molecule has 0 radical (unpaired) electrons. The van der Waals surface area contributed by atoms with Gasteiger partial charge in [-0.3, -0.25) is 0 Å². The van der Waals surface area contributed by atoms with Crippen molar-refractivity contribution >= 4 is 40.5 Å².